The molecule has 0 bridgehead atoms. The van der Waals surface area contributed by atoms with Gasteiger partial charge in [0.05, 0.1) is 11.1 Å². The Labute approximate surface area is 156 Å². The number of nitrogens with zero attached hydrogens (tertiary/aromatic N) is 3. The fraction of sp³-hybridized carbons (Fsp3) is 0.250. The summed E-state index contributed by atoms with van der Waals surface area (Å²) >= 11 is 0. The zero-order valence-corrected chi connectivity index (χ0v) is 15.5. The molecule has 7 heteroatoms. The maximum atomic E-state index is 12.8. The van der Waals surface area contributed by atoms with Crippen LogP contribution < -0.4 is 0 Å². The van der Waals surface area contributed by atoms with E-state index in [0.29, 0.717) is 22.2 Å². The first-order chi connectivity index (χ1) is 12.8. The van der Waals surface area contributed by atoms with E-state index in [4.69, 9.17) is 9.47 Å². The van der Waals surface area contributed by atoms with Gasteiger partial charge in [-0.25, -0.2) is 4.79 Å². The smallest absolute Gasteiger partial charge is 0.337 e. The number of hydrogen-bond donors (Lipinski definition) is 0. The van der Waals surface area contributed by atoms with Crippen LogP contribution in [0.15, 0.2) is 47.9 Å². The molecule has 0 saturated heterocycles. The minimum Gasteiger partial charge on any atom is -0.456 e. The van der Waals surface area contributed by atoms with E-state index in [1.807, 2.05) is 24.3 Å². The molecule has 3 rings (SSSR count). The Hall–Kier alpha value is -3.53. The summed E-state index contributed by atoms with van der Waals surface area (Å²) in [5.41, 5.74) is 2.49. The van der Waals surface area contributed by atoms with E-state index in [2.05, 4.69) is 6.07 Å². The van der Waals surface area contributed by atoms with Gasteiger partial charge >= 0.3 is 5.97 Å². The van der Waals surface area contributed by atoms with Gasteiger partial charge in [0.25, 0.3) is 12.2 Å². The van der Waals surface area contributed by atoms with Crippen molar-refractivity contribution in [1.29, 1.82) is 5.26 Å². The number of carbonyl (C=O) groups is 2. The van der Waals surface area contributed by atoms with Crippen LogP contribution >= 0.6 is 0 Å². The predicted octanol–water partition coefficient (Wildman–Crippen LogP) is 2.64. The SMILES string of the molecule is CC1=C(C)C(O/C=C(/C(=O)N(C)C)n2cc(C#N)c3ccccc32)OC1=O. The maximum absolute atomic E-state index is 12.8. The molecule has 0 N–H and O–H groups in total. The number of likely N-dealkylation sites (N-methyl/N-ethyl adjacent to an activating group) is 1. The van der Waals surface area contributed by atoms with Crippen molar-refractivity contribution in [1.82, 2.24) is 9.47 Å². The van der Waals surface area contributed by atoms with Gasteiger partial charge in [0.1, 0.15) is 18.0 Å². The average molecular weight is 365 g/mol. The number of amides is 1. The lowest BCUT2D eigenvalue weighted by molar-refractivity contribution is -0.152. The number of esters is 1. The first-order valence-corrected chi connectivity index (χ1v) is 8.31. The highest BCUT2D eigenvalue weighted by atomic mass is 16.7. The van der Waals surface area contributed by atoms with Gasteiger partial charge in [-0.05, 0) is 19.9 Å². The van der Waals surface area contributed by atoms with Crippen LogP contribution in [0.3, 0.4) is 0 Å². The standard InChI is InChI=1S/C20H19N3O4/c1-12-13(2)20(27-19(12)25)26-11-17(18(24)22(3)4)23-10-14(9-21)15-7-5-6-8-16(15)23/h5-8,10-11,20H,1-4H3/b17-11-. The summed E-state index contributed by atoms with van der Waals surface area (Å²) in [6.45, 7) is 3.40. The van der Waals surface area contributed by atoms with Gasteiger partial charge in [-0.15, -0.1) is 0 Å². The van der Waals surface area contributed by atoms with Crippen molar-refractivity contribution >= 4 is 28.5 Å². The lowest BCUT2D eigenvalue weighted by atomic mass is 10.2. The number of cyclic esters (lactones) is 1. The van der Waals surface area contributed by atoms with Crippen molar-refractivity contribution in [2.45, 2.75) is 20.1 Å². The number of aromatic nitrogens is 1. The third-order valence-electron chi connectivity index (χ3n) is 4.49. The van der Waals surface area contributed by atoms with Crippen LogP contribution in [0.1, 0.15) is 19.4 Å². The summed E-state index contributed by atoms with van der Waals surface area (Å²) < 4.78 is 12.4. The zero-order valence-electron chi connectivity index (χ0n) is 15.5. The molecule has 0 aliphatic carbocycles. The number of ether oxygens (including phenoxy) is 2. The Morgan fingerprint density at radius 1 is 1.33 bits per heavy atom. The van der Waals surface area contributed by atoms with Gasteiger partial charge in [0.2, 0.25) is 0 Å². The molecular weight excluding hydrogens is 346 g/mol. The molecule has 1 unspecified atom stereocenters. The summed E-state index contributed by atoms with van der Waals surface area (Å²) in [5, 5.41) is 10.1. The second kappa shape index (κ2) is 7.00. The van der Waals surface area contributed by atoms with Gasteiger partial charge < -0.3 is 18.9 Å². The molecule has 0 radical (unpaired) electrons. The van der Waals surface area contributed by atoms with Gasteiger partial charge in [-0.1, -0.05) is 18.2 Å². The largest absolute Gasteiger partial charge is 0.456 e. The molecular formula is C20H19N3O4. The average Bonchev–Trinajstić information content (AvgIpc) is 3.15. The van der Waals surface area contributed by atoms with Crippen molar-refractivity contribution in [2.75, 3.05) is 14.1 Å². The molecule has 2 heterocycles. The number of fused-ring (bicyclic) bond motifs is 1. The van der Waals surface area contributed by atoms with Crippen LogP contribution in [-0.2, 0) is 19.1 Å². The van der Waals surface area contributed by atoms with E-state index in [1.165, 1.54) is 11.2 Å². The summed E-state index contributed by atoms with van der Waals surface area (Å²) in [7, 11) is 3.25. The van der Waals surface area contributed by atoms with E-state index in [-0.39, 0.29) is 11.6 Å². The number of hydrogen-bond acceptors (Lipinski definition) is 5. The predicted molar refractivity (Wildman–Crippen MR) is 99.0 cm³/mol. The highest BCUT2D eigenvalue weighted by Gasteiger charge is 2.30. The number of benzene rings is 1. The van der Waals surface area contributed by atoms with Crippen molar-refractivity contribution in [3.05, 3.63) is 53.4 Å². The second-order valence-corrected chi connectivity index (χ2v) is 6.43. The summed E-state index contributed by atoms with van der Waals surface area (Å²) in [6, 6.07) is 9.43. The lowest BCUT2D eigenvalue weighted by Gasteiger charge is -2.17. The summed E-state index contributed by atoms with van der Waals surface area (Å²) in [4.78, 5) is 25.8. The second-order valence-electron chi connectivity index (χ2n) is 6.43. The van der Waals surface area contributed by atoms with Crippen LogP contribution in [0.5, 0.6) is 0 Å². The third kappa shape index (κ3) is 3.17. The van der Waals surface area contributed by atoms with Gasteiger partial charge in [0, 0.05) is 36.8 Å². The van der Waals surface area contributed by atoms with E-state index in [9.17, 15) is 14.9 Å². The Morgan fingerprint density at radius 3 is 2.63 bits per heavy atom. The third-order valence-corrected chi connectivity index (χ3v) is 4.49. The molecule has 7 nitrogen and oxygen atoms in total. The fourth-order valence-corrected chi connectivity index (χ4v) is 2.78. The fourth-order valence-electron chi connectivity index (χ4n) is 2.78. The van der Waals surface area contributed by atoms with Crippen LogP contribution in [0.25, 0.3) is 16.6 Å². The molecule has 1 aliphatic heterocycles. The van der Waals surface area contributed by atoms with Crippen LogP contribution in [0.4, 0.5) is 0 Å². The van der Waals surface area contributed by atoms with Crippen molar-refractivity contribution in [2.24, 2.45) is 0 Å². The van der Waals surface area contributed by atoms with Crippen LogP contribution in [-0.4, -0.2) is 41.7 Å². The van der Waals surface area contributed by atoms with Gasteiger partial charge in [-0.3, -0.25) is 4.79 Å². The first kappa shape index (κ1) is 18.3. The normalized spacial score (nSPS) is 17.1. The molecule has 1 aromatic heterocycles. The Kier molecular flexibility index (Phi) is 4.74. The minimum atomic E-state index is -0.875. The zero-order chi connectivity index (χ0) is 19.7. The molecule has 2 aromatic rings. The van der Waals surface area contributed by atoms with Crippen LogP contribution in [0.2, 0.25) is 0 Å². The highest BCUT2D eigenvalue weighted by Crippen LogP contribution is 2.27. The van der Waals surface area contributed by atoms with E-state index < -0.39 is 12.3 Å². The minimum absolute atomic E-state index is 0.200. The molecule has 0 spiro atoms. The Balaban J connectivity index is 2.07. The summed E-state index contributed by atoms with van der Waals surface area (Å²) in [5.74, 6) is -0.757. The van der Waals surface area contributed by atoms with Crippen molar-refractivity contribution in [3.8, 4) is 6.07 Å². The molecule has 1 aliphatic rings. The number of carbonyl (C=O) groups excluding carboxylic acids is 2. The van der Waals surface area contributed by atoms with Crippen molar-refractivity contribution in [3.63, 3.8) is 0 Å². The quantitative estimate of drug-likeness (QED) is 0.472. The van der Waals surface area contributed by atoms with Crippen LogP contribution in [0, 0.1) is 11.3 Å². The van der Waals surface area contributed by atoms with E-state index in [0.717, 1.165) is 5.39 Å². The van der Waals surface area contributed by atoms with Gasteiger partial charge in [0.15, 0.2) is 0 Å². The highest BCUT2D eigenvalue weighted by molar-refractivity contribution is 6.15. The molecule has 0 fully saturated rings. The van der Waals surface area contributed by atoms with E-state index >= 15 is 0 Å². The molecule has 1 amide bonds. The van der Waals surface area contributed by atoms with Gasteiger partial charge in [-0.2, -0.15) is 5.26 Å². The number of para-hydroxylation sites is 1. The molecule has 138 valence electrons. The Morgan fingerprint density at radius 2 is 2.04 bits per heavy atom. The summed E-state index contributed by atoms with van der Waals surface area (Å²) in [6.07, 6.45) is 1.99. The molecule has 1 aromatic carbocycles. The van der Waals surface area contributed by atoms with Crippen molar-refractivity contribution < 1.29 is 19.1 Å². The lowest BCUT2D eigenvalue weighted by Crippen LogP contribution is -2.26. The van der Waals surface area contributed by atoms with E-state index in [1.54, 1.807) is 38.7 Å². The first-order valence-electron chi connectivity index (χ1n) is 8.31. The molecule has 27 heavy (non-hydrogen) atoms. The topological polar surface area (TPSA) is 84.6 Å². The maximum Gasteiger partial charge on any atom is 0.337 e. The molecule has 1 atom stereocenters. The number of nitriles is 1. The Bertz CT molecular complexity index is 1040. The number of rotatable bonds is 4. The monoisotopic (exact) mass is 365 g/mol. The molecule has 0 saturated carbocycles.